The Hall–Kier alpha value is -1.58. The molecule has 2 N–H and O–H groups in total. The molecule has 88 valence electrons. The lowest BCUT2D eigenvalue weighted by molar-refractivity contribution is 0.104. The standard InChI is InChI=1S/C13H13ClN2O/c14-11-3-1-2-10(6-11)8-17-9-13-7-12(15)4-5-16-13/h1-7H,8-9H2,(H2,15,16). The molecular formula is C13H13ClN2O. The molecule has 2 rings (SSSR count). The number of pyridine rings is 1. The van der Waals surface area contributed by atoms with Crippen molar-refractivity contribution >= 4 is 17.3 Å². The van der Waals surface area contributed by atoms with Crippen molar-refractivity contribution in [2.45, 2.75) is 13.2 Å². The molecule has 1 aromatic carbocycles. The summed E-state index contributed by atoms with van der Waals surface area (Å²) in [6.45, 7) is 0.953. The highest BCUT2D eigenvalue weighted by molar-refractivity contribution is 6.30. The van der Waals surface area contributed by atoms with Gasteiger partial charge in [-0.15, -0.1) is 0 Å². The Bertz CT molecular complexity index is 457. The lowest BCUT2D eigenvalue weighted by Crippen LogP contribution is -1.97. The van der Waals surface area contributed by atoms with E-state index < -0.39 is 0 Å². The van der Waals surface area contributed by atoms with Gasteiger partial charge in [0.05, 0.1) is 18.9 Å². The monoisotopic (exact) mass is 248 g/mol. The lowest BCUT2D eigenvalue weighted by Gasteiger charge is -2.05. The van der Waals surface area contributed by atoms with Crippen LogP contribution in [-0.4, -0.2) is 4.98 Å². The molecule has 0 aliphatic rings. The fourth-order valence-electron chi connectivity index (χ4n) is 1.48. The predicted octanol–water partition coefficient (Wildman–Crippen LogP) is 3.03. The zero-order chi connectivity index (χ0) is 12.1. The van der Waals surface area contributed by atoms with Crippen molar-refractivity contribution in [2.24, 2.45) is 0 Å². The molecule has 1 aromatic heterocycles. The predicted molar refractivity (Wildman–Crippen MR) is 68.6 cm³/mol. The van der Waals surface area contributed by atoms with E-state index in [0.29, 0.717) is 23.9 Å². The van der Waals surface area contributed by atoms with Crippen LogP contribution in [0.15, 0.2) is 42.6 Å². The van der Waals surface area contributed by atoms with Gasteiger partial charge in [0.15, 0.2) is 0 Å². The maximum absolute atomic E-state index is 5.88. The molecule has 3 nitrogen and oxygen atoms in total. The third-order valence-corrected chi connectivity index (χ3v) is 2.48. The molecule has 0 radical (unpaired) electrons. The number of nitrogens with zero attached hydrogens (tertiary/aromatic N) is 1. The topological polar surface area (TPSA) is 48.1 Å². The van der Waals surface area contributed by atoms with Crippen LogP contribution in [0, 0.1) is 0 Å². The van der Waals surface area contributed by atoms with Gasteiger partial charge in [0.1, 0.15) is 0 Å². The van der Waals surface area contributed by atoms with Gasteiger partial charge < -0.3 is 10.5 Å². The molecule has 0 saturated heterocycles. The molecule has 0 atom stereocenters. The summed E-state index contributed by atoms with van der Waals surface area (Å²) in [4.78, 5) is 4.16. The van der Waals surface area contributed by atoms with Gasteiger partial charge in [-0.1, -0.05) is 23.7 Å². The summed E-state index contributed by atoms with van der Waals surface area (Å²) >= 11 is 5.88. The summed E-state index contributed by atoms with van der Waals surface area (Å²) in [6, 6.07) is 11.1. The summed E-state index contributed by atoms with van der Waals surface area (Å²) < 4.78 is 5.54. The zero-order valence-electron chi connectivity index (χ0n) is 9.27. The van der Waals surface area contributed by atoms with Crippen molar-refractivity contribution in [1.82, 2.24) is 4.98 Å². The van der Waals surface area contributed by atoms with Gasteiger partial charge in [0, 0.05) is 16.9 Å². The summed E-state index contributed by atoms with van der Waals surface area (Å²) in [5.74, 6) is 0. The van der Waals surface area contributed by atoms with Gasteiger partial charge in [-0.25, -0.2) is 0 Å². The fraction of sp³-hybridized carbons (Fsp3) is 0.154. The Labute approximate surface area is 105 Å². The van der Waals surface area contributed by atoms with Gasteiger partial charge in [-0.3, -0.25) is 4.98 Å². The number of hydrogen-bond donors (Lipinski definition) is 1. The van der Waals surface area contributed by atoms with E-state index >= 15 is 0 Å². The summed E-state index contributed by atoms with van der Waals surface area (Å²) in [5.41, 5.74) is 8.21. The Kier molecular flexibility index (Phi) is 3.96. The highest BCUT2D eigenvalue weighted by Crippen LogP contribution is 2.12. The van der Waals surface area contributed by atoms with Crippen LogP contribution in [0.4, 0.5) is 5.69 Å². The first kappa shape index (κ1) is 11.9. The molecule has 0 bridgehead atoms. The molecule has 4 heteroatoms. The van der Waals surface area contributed by atoms with Crippen LogP contribution in [0.2, 0.25) is 5.02 Å². The minimum Gasteiger partial charge on any atom is -0.399 e. The van der Waals surface area contributed by atoms with Crippen molar-refractivity contribution in [3.63, 3.8) is 0 Å². The maximum atomic E-state index is 5.88. The molecule has 0 unspecified atom stereocenters. The summed E-state index contributed by atoms with van der Waals surface area (Å²) in [7, 11) is 0. The number of benzene rings is 1. The Morgan fingerprint density at radius 1 is 1.18 bits per heavy atom. The van der Waals surface area contributed by atoms with E-state index in [-0.39, 0.29) is 0 Å². The molecule has 0 aliphatic heterocycles. The smallest absolute Gasteiger partial charge is 0.0893 e. The summed E-state index contributed by atoms with van der Waals surface area (Å²) in [6.07, 6.45) is 1.67. The molecule has 0 fully saturated rings. The van der Waals surface area contributed by atoms with Crippen molar-refractivity contribution < 1.29 is 4.74 Å². The number of rotatable bonds is 4. The average molecular weight is 249 g/mol. The first-order valence-corrected chi connectivity index (χ1v) is 5.64. The number of ether oxygens (including phenoxy) is 1. The van der Waals surface area contributed by atoms with E-state index in [1.54, 1.807) is 18.3 Å². The van der Waals surface area contributed by atoms with Gasteiger partial charge >= 0.3 is 0 Å². The molecule has 0 saturated carbocycles. The van der Waals surface area contributed by atoms with Crippen LogP contribution in [0.25, 0.3) is 0 Å². The molecular weight excluding hydrogens is 236 g/mol. The van der Waals surface area contributed by atoms with E-state index in [0.717, 1.165) is 11.3 Å². The second-order valence-corrected chi connectivity index (χ2v) is 4.14. The number of halogens is 1. The SMILES string of the molecule is Nc1ccnc(COCc2cccc(Cl)c2)c1. The highest BCUT2D eigenvalue weighted by Gasteiger charge is 1.97. The number of hydrogen-bond acceptors (Lipinski definition) is 3. The fourth-order valence-corrected chi connectivity index (χ4v) is 1.69. The van der Waals surface area contributed by atoms with Gasteiger partial charge in [-0.05, 0) is 29.8 Å². The quantitative estimate of drug-likeness (QED) is 0.905. The summed E-state index contributed by atoms with van der Waals surface area (Å²) in [5, 5.41) is 0.716. The highest BCUT2D eigenvalue weighted by atomic mass is 35.5. The van der Waals surface area contributed by atoms with Crippen LogP contribution >= 0.6 is 11.6 Å². The van der Waals surface area contributed by atoms with Crippen LogP contribution in [0.1, 0.15) is 11.3 Å². The van der Waals surface area contributed by atoms with Gasteiger partial charge in [-0.2, -0.15) is 0 Å². The zero-order valence-corrected chi connectivity index (χ0v) is 10.0. The number of aromatic nitrogens is 1. The Balaban J connectivity index is 1.87. The van der Waals surface area contributed by atoms with E-state index in [1.807, 2.05) is 24.3 Å². The molecule has 0 aliphatic carbocycles. The van der Waals surface area contributed by atoms with E-state index in [1.165, 1.54) is 0 Å². The normalized spacial score (nSPS) is 10.4. The largest absolute Gasteiger partial charge is 0.399 e. The molecule has 2 aromatic rings. The number of nitrogen functional groups attached to an aromatic ring is 1. The lowest BCUT2D eigenvalue weighted by atomic mass is 10.2. The second-order valence-electron chi connectivity index (χ2n) is 3.70. The Morgan fingerprint density at radius 3 is 2.82 bits per heavy atom. The first-order valence-electron chi connectivity index (χ1n) is 5.26. The van der Waals surface area contributed by atoms with Crippen molar-refractivity contribution in [3.05, 3.63) is 58.9 Å². The molecule has 1 heterocycles. The van der Waals surface area contributed by atoms with Crippen LogP contribution in [0.3, 0.4) is 0 Å². The number of nitrogens with two attached hydrogens (primary N) is 1. The third kappa shape index (κ3) is 3.73. The third-order valence-electron chi connectivity index (χ3n) is 2.25. The first-order chi connectivity index (χ1) is 8.24. The molecule has 0 amide bonds. The minimum absolute atomic E-state index is 0.442. The average Bonchev–Trinajstić information content (AvgIpc) is 2.29. The van der Waals surface area contributed by atoms with E-state index in [2.05, 4.69) is 4.98 Å². The van der Waals surface area contributed by atoms with Gasteiger partial charge in [0.2, 0.25) is 0 Å². The minimum atomic E-state index is 0.442. The van der Waals surface area contributed by atoms with Gasteiger partial charge in [0.25, 0.3) is 0 Å². The second kappa shape index (κ2) is 5.66. The van der Waals surface area contributed by atoms with Crippen LogP contribution in [0.5, 0.6) is 0 Å². The van der Waals surface area contributed by atoms with Crippen LogP contribution in [-0.2, 0) is 18.0 Å². The maximum Gasteiger partial charge on any atom is 0.0893 e. The van der Waals surface area contributed by atoms with Crippen molar-refractivity contribution in [1.29, 1.82) is 0 Å². The van der Waals surface area contributed by atoms with E-state index in [9.17, 15) is 0 Å². The van der Waals surface area contributed by atoms with E-state index in [4.69, 9.17) is 22.1 Å². The van der Waals surface area contributed by atoms with Crippen molar-refractivity contribution in [3.8, 4) is 0 Å². The Morgan fingerprint density at radius 2 is 2.06 bits per heavy atom. The molecule has 17 heavy (non-hydrogen) atoms. The number of anilines is 1. The molecule has 0 spiro atoms. The van der Waals surface area contributed by atoms with Crippen LogP contribution < -0.4 is 5.73 Å². The van der Waals surface area contributed by atoms with Crippen molar-refractivity contribution in [2.75, 3.05) is 5.73 Å².